The summed E-state index contributed by atoms with van der Waals surface area (Å²) in [5, 5.41) is 13.2. The highest BCUT2D eigenvalue weighted by molar-refractivity contribution is 7.17. The van der Waals surface area contributed by atoms with Gasteiger partial charge in [-0.15, -0.1) is 11.3 Å². The lowest BCUT2D eigenvalue weighted by molar-refractivity contribution is 0.0605. The zero-order valence-corrected chi connectivity index (χ0v) is 17.0. The monoisotopic (exact) mass is 429 g/mol. The molecule has 4 rings (SSSR count). The summed E-state index contributed by atoms with van der Waals surface area (Å²) in [5.74, 6) is -0.736. The number of β-amino-alcohol motifs (C(OH)–C–C–N with tert-alkyl or cyclic N) is 1. The van der Waals surface area contributed by atoms with Crippen molar-refractivity contribution in [3.63, 3.8) is 0 Å². The predicted octanol–water partition coefficient (Wildman–Crippen LogP) is 2.71. The number of aromatic nitrogens is 3. The van der Waals surface area contributed by atoms with E-state index in [0.29, 0.717) is 40.9 Å². The van der Waals surface area contributed by atoms with E-state index in [2.05, 4.69) is 20.3 Å². The molecule has 8 nitrogen and oxygen atoms in total. The van der Waals surface area contributed by atoms with Crippen LogP contribution in [0.3, 0.4) is 0 Å². The van der Waals surface area contributed by atoms with Crippen molar-refractivity contribution in [2.24, 2.45) is 0 Å². The van der Waals surface area contributed by atoms with E-state index in [-0.39, 0.29) is 12.1 Å². The van der Waals surface area contributed by atoms with Crippen LogP contribution in [0.15, 0.2) is 36.7 Å². The number of carbonyl (C=O) groups excluding carboxylic acids is 1. The highest BCUT2D eigenvalue weighted by Crippen LogP contribution is 2.32. The number of halogens is 1. The van der Waals surface area contributed by atoms with Gasteiger partial charge in [0.05, 0.1) is 36.7 Å². The number of ether oxygens (including phenoxy) is 1. The van der Waals surface area contributed by atoms with Crippen molar-refractivity contribution in [3.05, 3.63) is 53.2 Å². The minimum atomic E-state index is -0.675. The molecule has 1 atom stereocenters. The summed E-state index contributed by atoms with van der Waals surface area (Å²) in [6.07, 6.45) is 3.52. The molecule has 1 aliphatic heterocycles. The van der Waals surface area contributed by atoms with Crippen LogP contribution in [0.5, 0.6) is 0 Å². The highest BCUT2D eigenvalue weighted by Gasteiger charge is 2.24. The molecule has 3 aromatic rings. The van der Waals surface area contributed by atoms with E-state index in [4.69, 9.17) is 4.74 Å². The minimum Gasteiger partial charge on any atom is -0.465 e. The topological polar surface area (TPSA) is 100 Å². The Labute approximate surface area is 176 Å². The van der Waals surface area contributed by atoms with E-state index in [9.17, 15) is 14.3 Å². The zero-order valence-electron chi connectivity index (χ0n) is 16.2. The quantitative estimate of drug-likeness (QED) is 0.456. The molecule has 10 heteroatoms. The molecule has 0 aromatic carbocycles. The van der Waals surface area contributed by atoms with E-state index >= 15 is 0 Å². The Morgan fingerprint density at radius 3 is 2.93 bits per heavy atom. The average Bonchev–Trinajstić information content (AvgIpc) is 3.39. The van der Waals surface area contributed by atoms with Crippen LogP contribution in [0, 0.1) is 5.95 Å². The Morgan fingerprint density at radius 1 is 1.40 bits per heavy atom. The number of rotatable bonds is 6. The average molecular weight is 429 g/mol. The number of thiazole rings is 1. The van der Waals surface area contributed by atoms with Crippen LogP contribution in [-0.4, -0.2) is 52.3 Å². The normalized spacial score (nSPS) is 16.0. The van der Waals surface area contributed by atoms with Crippen molar-refractivity contribution >= 4 is 28.8 Å². The van der Waals surface area contributed by atoms with E-state index in [0.717, 1.165) is 17.0 Å². The summed E-state index contributed by atoms with van der Waals surface area (Å²) >= 11 is 1.06. The molecule has 0 bridgehead atoms. The van der Waals surface area contributed by atoms with Gasteiger partial charge >= 0.3 is 5.97 Å². The molecule has 0 amide bonds. The van der Waals surface area contributed by atoms with Crippen molar-refractivity contribution in [2.75, 3.05) is 30.4 Å². The molecule has 1 saturated heterocycles. The Balaban J connectivity index is 1.60. The number of carbonyl (C=O) groups is 1. The molecule has 2 N–H and O–H groups in total. The second-order valence-electron chi connectivity index (χ2n) is 6.78. The molecule has 30 heavy (non-hydrogen) atoms. The molecule has 0 spiro atoms. The third-order valence-corrected chi connectivity index (χ3v) is 5.85. The number of hydrogen-bond donors (Lipinski definition) is 2. The van der Waals surface area contributed by atoms with E-state index in [1.807, 2.05) is 11.0 Å². The lowest BCUT2D eigenvalue weighted by Crippen LogP contribution is -2.22. The SMILES string of the molecule is COC(=O)c1sc(-c2ccc(N3CC[C@@H](O)C3)nc2F)nc1CNc1cccnc1. The predicted molar refractivity (Wildman–Crippen MR) is 111 cm³/mol. The molecule has 0 radical (unpaired) electrons. The maximum absolute atomic E-state index is 14.8. The van der Waals surface area contributed by atoms with Gasteiger partial charge in [0, 0.05) is 25.5 Å². The van der Waals surface area contributed by atoms with Gasteiger partial charge in [-0.3, -0.25) is 4.98 Å². The summed E-state index contributed by atoms with van der Waals surface area (Å²) in [6.45, 7) is 1.31. The number of nitrogens with zero attached hydrogens (tertiary/aromatic N) is 4. The maximum Gasteiger partial charge on any atom is 0.350 e. The van der Waals surface area contributed by atoms with Gasteiger partial charge in [-0.05, 0) is 30.7 Å². The number of nitrogens with one attached hydrogen (secondary N) is 1. The summed E-state index contributed by atoms with van der Waals surface area (Å²) < 4.78 is 19.6. The minimum absolute atomic E-state index is 0.210. The summed E-state index contributed by atoms with van der Waals surface area (Å²) in [4.78, 5) is 26.9. The Hall–Kier alpha value is -3.11. The van der Waals surface area contributed by atoms with Crippen LogP contribution in [0.2, 0.25) is 0 Å². The molecule has 1 aliphatic rings. The van der Waals surface area contributed by atoms with Crippen LogP contribution in [0.1, 0.15) is 21.8 Å². The Bertz CT molecular complexity index is 1050. The van der Waals surface area contributed by atoms with Crippen molar-refractivity contribution < 1.29 is 19.0 Å². The molecule has 0 aliphatic carbocycles. The number of methoxy groups -OCH3 is 1. The first-order valence-electron chi connectivity index (χ1n) is 9.37. The van der Waals surface area contributed by atoms with Crippen LogP contribution in [0.4, 0.5) is 15.9 Å². The standard InChI is InChI=1S/C20H20FN5O3S/c1-29-20(28)17-15(10-23-12-3-2-7-22-9-12)24-19(30-17)14-4-5-16(25-18(14)21)26-8-6-13(27)11-26/h2-5,7,9,13,23,27H,6,8,10-11H2,1H3/t13-/m1/s1. The smallest absolute Gasteiger partial charge is 0.350 e. The van der Waals surface area contributed by atoms with E-state index in [1.165, 1.54) is 7.11 Å². The maximum atomic E-state index is 14.8. The number of esters is 1. The van der Waals surface area contributed by atoms with Gasteiger partial charge in [0.15, 0.2) is 0 Å². The van der Waals surface area contributed by atoms with Crippen LogP contribution in [-0.2, 0) is 11.3 Å². The van der Waals surface area contributed by atoms with Crippen molar-refractivity contribution in [3.8, 4) is 10.6 Å². The van der Waals surface area contributed by atoms with Crippen LogP contribution >= 0.6 is 11.3 Å². The first-order valence-corrected chi connectivity index (χ1v) is 10.2. The largest absolute Gasteiger partial charge is 0.465 e. The molecular weight excluding hydrogens is 409 g/mol. The summed E-state index contributed by atoms with van der Waals surface area (Å²) in [7, 11) is 1.29. The third kappa shape index (κ3) is 4.24. The second kappa shape index (κ2) is 8.72. The lowest BCUT2D eigenvalue weighted by atomic mass is 10.2. The fourth-order valence-electron chi connectivity index (χ4n) is 3.20. The zero-order chi connectivity index (χ0) is 21.1. The molecule has 0 unspecified atom stereocenters. The van der Waals surface area contributed by atoms with Gasteiger partial charge in [0.2, 0.25) is 5.95 Å². The van der Waals surface area contributed by atoms with Crippen molar-refractivity contribution in [1.29, 1.82) is 0 Å². The van der Waals surface area contributed by atoms with Crippen LogP contribution < -0.4 is 10.2 Å². The van der Waals surface area contributed by atoms with Crippen molar-refractivity contribution in [1.82, 2.24) is 15.0 Å². The number of hydrogen-bond acceptors (Lipinski definition) is 9. The third-order valence-electron chi connectivity index (χ3n) is 4.74. The molecular formula is C20H20FN5O3S. The van der Waals surface area contributed by atoms with Gasteiger partial charge in [-0.2, -0.15) is 4.39 Å². The highest BCUT2D eigenvalue weighted by atomic mass is 32.1. The second-order valence-corrected chi connectivity index (χ2v) is 7.78. The lowest BCUT2D eigenvalue weighted by Gasteiger charge is -2.16. The number of pyridine rings is 2. The van der Waals surface area contributed by atoms with E-state index in [1.54, 1.807) is 30.6 Å². The molecule has 3 aromatic heterocycles. The van der Waals surface area contributed by atoms with Gasteiger partial charge in [0.1, 0.15) is 15.7 Å². The van der Waals surface area contributed by atoms with Gasteiger partial charge < -0.3 is 20.1 Å². The molecule has 0 saturated carbocycles. The first kappa shape index (κ1) is 20.2. The van der Waals surface area contributed by atoms with Gasteiger partial charge in [-0.25, -0.2) is 14.8 Å². The Kier molecular flexibility index (Phi) is 5.86. The Morgan fingerprint density at radius 2 is 2.27 bits per heavy atom. The fourth-order valence-corrected chi connectivity index (χ4v) is 4.22. The van der Waals surface area contributed by atoms with Crippen molar-refractivity contribution in [2.45, 2.75) is 19.1 Å². The number of aliphatic hydroxyl groups is 1. The number of aliphatic hydroxyl groups excluding tert-OH is 1. The number of anilines is 2. The van der Waals surface area contributed by atoms with Gasteiger partial charge in [0.25, 0.3) is 0 Å². The summed E-state index contributed by atoms with van der Waals surface area (Å²) in [6, 6.07) is 6.93. The molecule has 1 fully saturated rings. The van der Waals surface area contributed by atoms with E-state index < -0.39 is 18.0 Å². The summed E-state index contributed by atoms with van der Waals surface area (Å²) in [5.41, 5.74) is 1.44. The van der Waals surface area contributed by atoms with Crippen LogP contribution in [0.25, 0.3) is 10.6 Å². The molecule has 156 valence electrons. The molecule has 4 heterocycles. The first-order chi connectivity index (χ1) is 14.5. The fraction of sp³-hybridized carbons (Fsp3) is 0.300. The van der Waals surface area contributed by atoms with Gasteiger partial charge in [-0.1, -0.05) is 0 Å².